The molecule has 3 aliphatic rings. The fraction of sp³-hybridized carbons (Fsp3) is 0.667. The second-order valence-corrected chi connectivity index (χ2v) is 7.76. The number of aliphatic hydroxyl groups is 1. The van der Waals surface area contributed by atoms with Crippen LogP contribution in [0.2, 0.25) is 0 Å². The molecule has 6 nitrogen and oxygen atoms in total. The second kappa shape index (κ2) is 6.04. The van der Waals surface area contributed by atoms with Gasteiger partial charge in [-0.05, 0) is 50.7 Å². The van der Waals surface area contributed by atoms with Crippen LogP contribution in [-0.2, 0) is 0 Å². The number of nitrogens with zero attached hydrogens (tertiary/aromatic N) is 3. The van der Waals surface area contributed by atoms with Gasteiger partial charge < -0.3 is 19.6 Å². The zero-order chi connectivity index (χ0) is 18.5. The fourth-order valence-electron chi connectivity index (χ4n) is 3.47. The lowest BCUT2D eigenvalue weighted by molar-refractivity contribution is -0.0472. The van der Waals surface area contributed by atoms with Crippen LogP contribution in [0.4, 0.5) is 14.5 Å². The summed E-state index contributed by atoms with van der Waals surface area (Å²) in [6.07, 6.45) is 3.42. The van der Waals surface area contributed by atoms with E-state index in [1.54, 1.807) is 13.0 Å². The minimum atomic E-state index is -2.70. The SMILES string of the molecule is C[C@]1(O)CCCN1C(=O)c1ccc(N2CC(F)(F)C2)c(OCC2CC2)n1. The molecule has 4 rings (SSSR count). The molecule has 0 spiro atoms. The number of halogens is 2. The number of rotatable bonds is 5. The monoisotopic (exact) mass is 367 g/mol. The smallest absolute Gasteiger partial charge is 0.282 e. The number of hydrogen-bond acceptors (Lipinski definition) is 5. The van der Waals surface area contributed by atoms with Crippen molar-refractivity contribution in [3.05, 3.63) is 17.8 Å². The molecule has 1 saturated carbocycles. The molecule has 0 bridgehead atoms. The Hall–Kier alpha value is -1.96. The Morgan fingerprint density at radius 3 is 2.69 bits per heavy atom. The number of carbonyl (C=O) groups excluding carboxylic acids is 1. The molecule has 0 aromatic carbocycles. The summed E-state index contributed by atoms with van der Waals surface area (Å²) in [5, 5.41) is 10.3. The number of aromatic nitrogens is 1. The number of amides is 1. The van der Waals surface area contributed by atoms with Crippen LogP contribution in [0, 0.1) is 5.92 Å². The summed E-state index contributed by atoms with van der Waals surface area (Å²) in [5.74, 6) is -2.38. The molecule has 0 radical (unpaired) electrons. The number of carbonyl (C=O) groups is 1. The van der Waals surface area contributed by atoms with Crippen molar-refractivity contribution in [1.82, 2.24) is 9.88 Å². The largest absolute Gasteiger partial charge is 0.476 e. The second-order valence-electron chi connectivity index (χ2n) is 7.76. The van der Waals surface area contributed by atoms with Crippen molar-refractivity contribution in [2.24, 2.45) is 5.92 Å². The first-order chi connectivity index (χ1) is 12.3. The van der Waals surface area contributed by atoms with Crippen molar-refractivity contribution in [3.63, 3.8) is 0 Å². The average molecular weight is 367 g/mol. The van der Waals surface area contributed by atoms with Crippen molar-refractivity contribution in [3.8, 4) is 5.88 Å². The Kier molecular flexibility index (Phi) is 4.06. The summed E-state index contributed by atoms with van der Waals surface area (Å²) in [7, 11) is 0. The summed E-state index contributed by atoms with van der Waals surface area (Å²) in [6, 6.07) is 3.13. The Labute approximate surface area is 150 Å². The van der Waals surface area contributed by atoms with Gasteiger partial charge in [-0.25, -0.2) is 13.8 Å². The zero-order valence-electron chi connectivity index (χ0n) is 14.8. The van der Waals surface area contributed by atoms with Gasteiger partial charge in [0, 0.05) is 6.54 Å². The molecular weight excluding hydrogens is 344 g/mol. The van der Waals surface area contributed by atoms with E-state index in [4.69, 9.17) is 4.74 Å². The van der Waals surface area contributed by atoms with Crippen molar-refractivity contribution >= 4 is 11.6 Å². The number of alkyl halides is 2. The Bertz CT molecular complexity index is 714. The molecule has 26 heavy (non-hydrogen) atoms. The molecule has 142 valence electrons. The molecule has 1 atom stereocenters. The first-order valence-electron chi connectivity index (χ1n) is 9.06. The summed E-state index contributed by atoms with van der Waals surface area (Å²) in [6.45, 7) is 1.80. The van der Waals surface area contributed by atoms with Crippen molar-refractivity contribution in [2.45, 2.75) is 44.3 Å². The van der Waals surface area contributed by atoms with Crippen molar-refractivity contribution in [2.75, 3.05) is 31.1 Å². The zero-order valence-corrected chi connectivity index (χ0v) is 14.8. The van der Waals surface area contributed by atoms with E-state index in [2.05, 4.69) is 4.98 Å². The quantitative estimate of drug-likeness (QED) is 0.865. The van der Waals surface area contributed by atoms with Crippen LogP contribution in [-0.4, -0.2) is 58.8 Å². The summed E-state index contributed by atoms with van der Waals surface area (Å²) < 4.78 is 32.2. The third kappa shape index (κ3) is 3.34. The van der Waals surface area contributed by atoms with Gasteiger partial charge in [-0.15, -0.1) is 0 Å². The van der Waals surface area contributed by atoms with E-state index in [-0.39, 0.29) is 30.6 Å². The molecule has 2 aliphatic heterocycles. The molecule has 0 unspecified atom stereocenters. The Morgan fingerprint density at radius 1 is 1.38 bits per heavy atom. The Morgan fingerprint density at radius 2 is 2.12 bits per heavy atom. The van der Waals surface area contributed by atoms with Crippen molar-refractivity contribution < 1.29 is 23.4 Å². The van der Waals surface area contributed by atoms with Gasteiger partial charge in [0.15, 0.2) is 0 Å². The maximum absolute atomic E-state index is 13.2. The van der Waals surface area contributed by atoms with Gasteiger partial charge in [-0.1, -0.05) is 0 Å². The standard InChI is InChI=1S/C18H23F2N3O3/c1-17(25)7-2-8-23(17)16(24)13-5-6-14(22-10-18(19,20)11-22)15(21-13)26-9-12-3-4-12/h5-6,12,25H,2-4,7-11H2,1H3/t17-/m0/s1. The molecule has 1 aromatic rings. The van der Waals surface area contributed by atoms with Gasteiger partial charge in [0.2, 0.25) is 5.88 Å². The lowest BCUT2D eigenvalue weighted by atomic mass is 10.1. The van der Waals surface area contributed by atoms with E-state index >= 15 is 0 Å². The van der Waals surface area contributed by atoms with Gasteiger partial charge in [-0.3, -0.25) is 4.79 Å². The summed E-state index contributed by atoms with van der Waals surface area (Å²) in [4.78, 5) is 20.0. The van der Waals surface area contributed by atoms with Crippen LogP contribution in [0.1, 0.15) is 43.1 Å². The Balaban J connectivity index is 1.57. The molecule has 8 heteroatoms. The van der Waals surface area contributed by atoms with Crippen LogP contribution >= 0.6 is 0 Å². The number of hydrogen-bond donors (Lipinski definition) is 1. The molecule has 2 saturated heterocycles. The van der Waals surface area contributed by atoms with Crippen LogP contribution < -0.4 is 9.64 Å². The minimum absolute atomic E-state index is 0.161. The van der Waals surface area contributed by atoms with Gasteiger partial charge >= 0.3 is 0 Å². The first-order valence-corrected chi connectivity index (χ1v) is 9.06. The van der Waals surface area contributed by atoms with E-state index in [9.17, 15) is 18.7 Å². The number of likely N-dealkylation sites (tertiary alicyclic amines) is 1. The summed E-state index contributed by atoms with van der Waals surface area (Å²) >= 11 is 0. The van der Waals surface area contributed by atoms with E-state index in [1.165, 1.54) is 15.9 Å². The predicted octanol–water partition coefficient (Wildman–Crippen LogP) is 2.27. The highest BCUT2D eigenvalue weighted by Crippen LogP contribution is 2.38. The van der Waals surface area contributed by atoms with E-state index < -0.39 is 11.6 Å². The molecule has 1 N–H and O–H groups in total. The van der Waals surface area contributed by atoms with E-state index in [0.717, 1.165) is 19.3 Å². The normalized spacial score (nSPS) is 27.4. The molecule has 3 fully saturated rings. The van der Waals surface area contributed by atoms with Gasteiger partial charge in [0.1, 0.15) is 17.1 Å². The lowest BCUT2D eigenvalue weighted by Gasteiger charge is -2.40. The van der Waals surface area contributed by atoms with Gasteiger partial charge in [0.25, 0.3) is 11.8 Å². The molecule has 1 aromatic heterocycles. The number of ether oxygens (including phenoxy) is 1. The molecule has 1 amide bonds. The highest BCUT2D eigenvalue weighted by Gasteiger charge is 2.45. The fourth-order valence-corrected chi connectivity index (χ4v) is 3.47. The molecule has 1 aliphatic carbocycles. The van der Waals surface area contributed by atoms with Crippen LogP contribution in [0.3, 0.4) is 0 Å². The highest BCUT2D eigenvalue weighted by atomic mass is 19.3. The topological polar surface area (TPSA) is 65.9 Å². The summed E-state index contributed by atoms with van der Waals surface area (Å²) in [5.41, 5.74) is -0.540. The minimum Gasteiger partial charge on any atom is -0.476 e. The van der Waals surface area contributed by atoms with Crippen LogP contribution in [0.25, 0.3) is 0 Å². The van der Waals surface area contributed by atoms with Gasteiger partial charge in [-0.2, -0.15) is 0 Å². The van der Waals surface area contributed by atoms with Crippen molar-refractivity contribution in [1.29, 1.82) is 0 Å². The predicted molar refractivity (Wildman–Crippen MR) is 90.5 cm³/mol. The third-order valence-electron chi connectivity index (χ3n) is 5.26. The number of anilines is 1. The number of pyridine rings is 1. The first kappa shape index (κ1) is 17.5. The van der Waals surface area contributed by atoms with Gasteiger partial charge in [0.05, 0.1) is 19.7 Å². The van der Waals surface area contributed by atoms with Crippen LogP contribution in [0.15, 0.2) is 12.1 Å². The molecular formula is C18H23F2N3O3. The van der Waals surface area contributed by atoms with E-state index in [0.29, 0.717) is 31.2 Å². The average Bonchev–Trinajstić information content (AvgIpc) is 3.31. The van der Waals surface area contributed by atoms with Crippen LogP contribution in [0.5, 0.6) is 5.88 Å². The maximum atomic E-state index is 13.2. The molecule has 3 heterocycles. The highest BCUT2D eigenvalue weighted by molar-refractivity contribution is 5.93. The third-order valence-corrected chi connectivity index (χ3v) is 5.26. The van der Waals surface area contributed by atoms with E-state index in [1.807, 2.05) is 0 Å². The maximum Gasteiger partial charge on any atom is 0.282 e. The lowest BCUT2D eigenvalue weighted by Crippen LogP contribution is -2.56.